The lowest BCUT2D eigenvalue weighted by molar-refractivity contribution is -0.144. The average molecular weight is 276 g/mol. The lowest BCUT2D eigenvalue weighted by Crippen LogP contribution is -2.63. The van der Waals surface area contributed by atoms with Gasteiger partial charge >= 0.3 is 0 Å². The van der Waals surface area contributed by atoms with Crippen LogP contribution in [0.1, 0.15) is 51.4 Å². The third-order valence-corrected chi connectivity index (χ3v) is 5.48. The second kappa shape index (κ2) is 5.88. The molecule has 1 saturated carbocycles. The summed E-state index contributed by atoms with van der Waals surface area (Å²) in [6, 6.07) is 0. The zero-order valence-corrected chi connectivity index (χ0v) is 12.8. The summed E-state index contributed by atoms with van der Waals surface area (Å²) in [5, 5.41) is 0. The van der Waals surface area contributed by atoms with Crippen molar-refractivity contribution in [2.75, 3.05) is 26.7 Å². The van der Waals surface area contributed by atoms with Crippen LogP contribution in [0.15, 0.2) is 12.2 Å². The summed E-state index contributed by atoms with van der Waals surface area (Å²) in [4.78, 5) is 17.5. The molecule has 3 nitrogen and oxygen atoms in total. The van der Waals surface area contributed by atoms with Crippen LogP contribution in [0.3, 0.4) is 0 Å². The Morgan fingerprint density at radius 3 is 2.75 bits per heavy atom. The normalized spacial score (nSPS) is 30.1. The average Bonchev–Trinajstić information content (AvgIpc) is 2.92. The van der Waals surface area contributed by atoms with E-state index in [1.165, 1.54) is 38.5 Å². The highest BCUT2D eigenvalue weighted by Gasteiger charge is 2.43. The molecule has 112 valence electrons. The Kier molecular flexibility index (Phi) is 4.16. The molecule has 0 aromatic carbocycles. The number of amides is 1. The molecule has 0 N–H and O–H groups in total. The number of nitrogens with zero attached hydrogens (tertiary/aromatic N) is 2. The minimum Gasteiger partial charge on any atom is -0.334 e. The molecular weight excluding hydrogens is 248 g/mol. The first-order valence-corrected chi connectivity index (χ1v) is 8.35. The van der Waals surface area contributed by atoms with E-state index in [1.54, 1.807) is 0 Å². The van der Waals surface area contributed by atoms with Gasteiger partial charge in [-0.15, -0.1) is 0 Å². The number of allylic oxidation sites excluding steroid dienone is 2. The van der Waals surface area contributed by atoms with Gasteiger partial charge in [0.1, 0.15) is 0 Å². The Bertz CT molecular complexity index is 384. The Morgan fingerprint density at radius 1 is 1.25 bits per heavy atom. The quantitative estimate of drug-likeness (QED) is 0.724. The van der Waals surface area contributed by atoms with E-state index in [1.807, 2.05) is 0 Å². The number of carbonyl (C=O) groups excluding carboxylic acids is 1. The molecule has 3 aliphatic rings. The molecule has 0 radical (unpaired) electrons. The number of piperazine rings is 1. The van der Waals surface area contributed by atoms with Crippen LogP contribution in [-0.4, -0.2) is 47.9 Å². The number of hydrogen-bond donors (Lipinski definition) is 0. The molecule has 3 rings (SSSR count). The first-order chi connectivity index (χ1) is 9.70. The fraction of sp³-hybridized carbons (Fsp3) is 0.824. The minimum absolute atomic E-state index is 0.157. The van der Waals surface area contributed by atoms with Crippen molar-refractivity contribution in [3.05, 3.63) is 12.2 Å². The van der Waals surface area contributed by atoms with Crippen molar-refractivity contribution in [2.45, 2.75) is 56.9 Å². The van der Waals surface area contributed by atoms with E-state index in [-0.39, 0.29) is 5.54 Å². The lowest BCUT2D eigenvalue weighted by Gasteiger charge is -2.52. The van der Waals surface area contributed by atoms with Crippen molar-refractivity contribution < 1.29 is 4.79 Å². The van der Waals surface area contributed by atoms with E-state index in [2.05, 4.69) is 29.0 Å². The van der Waals surface area contributed by atoms with Gasteiger partial charge in [0, 0.05) is 26.1 Å². The predicted molar refractivity (Wildman–Crippen MR) is 81.5 cm³/mol. The molecule has 20 heavy (non-hydrogen) atoms. The Morgan fingerprint density at radius 2 is 2.05 bits per heavy atom. The first-order valence-electron chi connectivity index (χ1n) is 8.35. The minimum atomic E-state index is 0.157. The highest BCUT2D eigenvalue weighted by atomic mass is 16.2. The molecule has 1 saturated heterocycles. The van der Waals surface area contributed by atoms with Crippen molar-refractivity contribution in [1.82, 2.24) is 9.80 Å². The van der Waals surface area contributed by atoms with Crippen LogP contribution in [0, 0.1) is 5.92 Å². The van der Waals surface area contributed by atoms with Gasteiger partial charge in [-0.1, -0.05) is 31.4 Å². The van der Waals surface area contributed by atoms with Crippen LogP contribution in [0.25, 0.3) is 0 Å². The summed E-state index contributed by atoms with van der Waals surface area (Å²) in [6.07, 6.45) is 13.9. The predicted octanol–water partition coefficient (Wildman–Crippen LogP) is 2.82. The summed E-state index contributed by atoms with van der Waals surface area (Å²) < 4.78 is 0. The third-order valence-electron chi connectivity index (χ3n) is 5.48. The van der Waals surface area contributed by atoms with Crippen molar-refractivity contribution >= 4 is 5.91 Å². The van der Waals surface area contributed by atoms with Crippen molar-refractivity contribution in [2.24, 2.45) is 5.92 Å². The highest BCUT2D eigenvalue weighted by molar-refractivity contribution is 5.78. The third kappa shape index (κ3) is 2.78. The molecule has 2 fully saturated rings. The summed E-state index contributed by atoms with van der Waals surface area (Å²) in [5.74, 6) is 0.916. The van der Waals surface area contributed by atoms with Crippen LogP contribution >= 0.6 is 0 Å². The van der Waals surface area contributed by atoms with E-state index >= 15 is 0 Å². The maximum Gasteiger partial charge on any atom is 0.223 e. The van der Waals surface area contributed by atoms with Gasteiger partial charge in [0.05, 0.1) is 5.54 Å². The molecule has 1 aliphatic heterocycles. The molecule has 1 heterocycles. The number of rotatable bonds is 2. The number of carbonyl (C=O) groups is 1. The summed E-state index contributed by atoms with van der Waals surface area (Å²) in [5.41, 5.74) is 0.157. The van der Waals surface area contributed by atoms with Gasteiger partial charge in [0.15, 0.2) is 0 Å². The smallest absolute Gasteiger partial charge is 0.223 e. The maximum atomic E-state index is 12.8. The van der Waals surface area contributed by atoms with E-state index in [0.29, 0.717) is 11.8 Å². The van der Waals surface area contributed by atoms with Gasteiger partial charge in [-0.2, -0.15) is 0 Å². The molecule has 0 aromatic rings. The standard InChI is InChI=1S/C17H28N2O/c1-18-11-12-19(16(20)13-15-7-3-4-8-15)17(14-18)9-5-2-6-10-17/h3,7,15H,2,4-6,8-14H2,1H3/t15-/m0/s1. The molecule has 0 bridgehead atoms. The van der Waals surface area contributed by atoms with Crippen LogP contribution in [-0.2, 0) is 4.79 Å². The lowest BCUT2D eigenvalue weighted by atomic mass is 9.78. The van der Waals surface area contributed by atoms with E-state index in [0.717, 1.165) is 32.5 Å². The fourth-order valence-electron chi connectivity index (χ4n) is 4.40. The van der Waals surface area contributed by atoms with Gasteiger partial charge in [-0.3, -0.25) is 4.79 Å². The zero-order chi connectivity index (χ0) is 14.0. The van der Waals surface area contributed by atoms with Crippen LogP contribution in [0.4, 0.5) is 0 Å². The molecule has 1 spiro atoms. The number of hydrogen-bond acceptors (Lipinski definition) is 2. The molecule has 1 amide bonds. The first kappa shape index (κ1) is 14.1. The van der Waals surface area contributed by atoms with Crippen molar-refractivity contribution in [3.8, 4) is 0 Å². The van der Waals surface area contributed by atoms with E-state index < -0.39 is 0 Å². The van der Waals surface area contributed by atoms with Crippen LogP contribution in [0.2, 0.25) is 0 Å². The van der Waals surface area contributed by atoms with Gasteiger partial charge in [-0.05, 0) is 38.6 Å². The summed E-state index contributed by atoms with van der Waals surface area (Å²) in [6.45, 7) is 3.05. The van der Waals surface area contributed by atoms with Crippen LogP contribution < -0.4 is 0 Å². The van der Waals surface area contributed by atoms with E-state index in [4.69, 9.17) is 0 Å². The van der Waals surface area contributed by atoms with E-state index in [9.17, 15) is 4.79 Å². The molecule has 0 unspecified atom stereocenters. The molecule has 2 aliphatic carbocycles. The summed E-state index contributed by atoms with van der Waals surface area (Å²) >= 11 is 0. The topological polar surface area (TPSA) is 23.6 Å². The molecular formula is C17H28N2O. The van der Waals surface area contributed by atoms with Gasteiger partial charge in [-0.25, -0.2) is 0 Å². The number of likely N-dealkylation sites (N-methyl/N-ethyl adjacent to an activating group) is 1. The monoisotopic (exact) mass is 276 g/mol. The molecule has 0 aromatic heterocycles. The largest absolute Gasteiger partial charge is 0.334 e. The van der Waals surface area contributed by atoms with Gasteiger partial charge in [0.25, 0.3) is 0 Å². The fourth-order valence-corrected chi connectivity index (χ4v) is 4.40. The van der Waals surface area contributed by atoms with Gasteiger partial charge in [0.2, 0.25) is 5.91 Å². The molecule has 3 heteroatoms. The Balaban J connectivity index is 1.71. The Labute approximate surface area is 123 Å². The van der Waals surface area contributed by atoms with Crippen molar-refractivity contribution in [3.63, 3.8) is 0 Å². The Hall–Kier alpha value is -0.830. The maximum absolute atomic E-state index is 12.8. The SMILES string of the molecule is CN1CCN(C(=O)C[C@H]2C=CCC2)C2(CCCCC2)C1. The molecule has 1 atom stereocenters. The van der Waals surface area contributed by atoms with Gasteiger partial charge < -0.3 is 9.80 Å². The summed E-state index contributed by atoms with van der Waals surface area (Å²) in [7, 11) is 2.21. The second-order valence-electron chi connectivity index (χ2n) is 7.04. The zero-order valence-electron chi connectivity index (χ0n) is 12.8. The second-order valence-corrected chi connectivity index (χ2v) is 7.04. The van der Waals surface area contributed by atoms with Crippen LogP contribution in [0.5, 0.6) is 0 Å². The van der Waals surface area contributed by atoms with Crippen molar-refractivity contribution in [1.29, 1.82) is 0 Å². The highest BCUT2D eigenvalue weighted by Crippen LogP contribution is 2.37.